The number of carbonyl (C=O) groups excluding carboxylic acids is 1. The molecule has 2 aromatic carbocycles. The lowest BCUT2D eigenvalue weighted by Gasteiger charge is -2.16. The van der Waals surface area contributed by atoms with Crippen LogP contribution < -0.4 is 4.74 Å². The van der Waals surface area contributed by atoms with Crippen LogP contribution in [0.1, 0.15) is 17.5 Å². The predicted molar refractivity (Wildman–Crippen MR) is 76.6 cm³/mol. The zero-order valence-corrected chi connectivity index (χ0v) is 11.5. The molecule has 21 heavy (non-hydrogen) atoms. The third-order valence-electron chi connectivity index (χ3n) is 3.01. The van der Waals surface area contributed by atoms with Crippen molar-refractivity contribution in [3.8, 4) is 23.0 Å². The van der Waals surface area contributed by atoms with Crippen molar-refractivity contribution >= 4 is 5.97 Å². The van der Waals surface area contributed by atoms with Gasteiger partial charge in [-0.25, -0.2) is 0 Å². The molecule has 5 heteroatoms. The number of aromatic hydroxyl groups is 3. The standard InChI is InChI=1S/C10H10O3.C6H6O2/c1-6-4-8(11)7-2-3-10(12)13-9(7)5-6;7-5-3-1-2-4-6(5)8/h4-5,11H,2-3H2,1H3;1-4,7-8H. The van der Waals surface area contributed by atoms with E-state index in [0.29, 0.717) is 18.6 Å². The maximum atomic E-state index is 10.9. The van der Waals surface area contributed by atoms with Crippen molar-refractivity contribution in [2.24, 2.45) is 0 Å². The Morgan fingerprint density at radius 2 is 1.57 bits per heavy atom. The van der Waals surface area contributed by atoms with Crippen LogP contribution in [-0.2, 0) is 11.2 Å². The van der Waals surface area contributed by atoms with Gasteiger partial charge in [-0.15, -0.1) is 0 Å². The van der Waals surface area contributed by atoms with Gasteiger partial charge < -0.3 is 20.1 Å². The van der Waals surface area contributed by atoms with Gasteiger partial charge in [-0.2, -0.15) is 0 Å². The Balaban J connectivity index is 0.000000173. The van der Waals surface area contributed by atoms with Gasteiger partial charge in [0.25, 0.3) is 0 Å². The van der Waals surface area contributed by atoms with Crippen LogP contribution in [0.4, 0.5) is 0 Å². The number of aryl methyl sites for hydroxylation is 1. The van der Waals surface area contributed by atoms with Crippen LogP contribution in [0.15, 0.2) is 36.4 Å². The number of phenolic OH excluding ortho intramolecular Hbond substituents is 3. The molecular formula is C16H16O5. The van der Waals surface area contributed by atoms with E-state index in [0.717, 1.165) is 11.1 Å². The molecule has 5 nitrogen and oxygen atoms in total. The Morgan fingerprint density at radius 3 is 2.14 bits per heavy atom. The quantitative estimate of drug-likeness (QED) is 0.394. The van der Waals surface area contributed by atoms with E-state index >= 15 is 0 Å². The fourth-order valence-corrected chi connectivity index (χ4v) is 1.97. The lowest BCUT2D eigenvalue weighted by molar-refractivity contribution is -0.135. The number of rotatable bonds is 0. The molecule has 0 fully saturated rings. The van der Waals surface area contributed by atoms with Gasteiger partial charge in [-0.1, -0.05) is 12.1 Å². The van der Waals surface area contributed by atoms with Crippen molar-refractivity contribution in [3.05, 3.63) is 47.5 Å². The minimum absolute atomic E-state index is 0.0764. The average molecular weight is 288 g/mol. The number of ether oxygens (including phenoxy) is 1. The van der Waals surface area contributed by atoms with E-state index in [4.69, 9.17) is 14.9 Å². The second-order valence-corrected chi connectivity index (χ2v) is 4.72. The Kier molecular flexibility index (Phi) is 4.33. The van der Waals surface area contributed by atoms with Crippen LogP contribution >= 0.6 is 0 Å². The smallest absolute Gasteiger partial charge is 0.311 e. The number of phenols is 3. The molecule has 0 aromatic heterocycles. The van der Waals surface area contributed by atoms with E-state index in [1.54, 1.807) is 24.3 Å². The largest absolute Gasteiger partial charge is 0.508 e. The van der Waals surface area contributed by atoms with Crippen molar-refractivity contribution in [2.75, 3.05) is 0 Å². The first kappa shape index (κ1) is 14.7. The van der Waals surface area contributed by atoms with Gasteiger partial charge in [0, 0.05) is 5.56 Å². The predicted octanol–water partition coefficient (Wildman–Crippen LogP) is 2.65. The van der Waals surface area contributed by atoms with Crippen LogP contribution in [0.25, 0.3) is 0 Å². The molecule has 0 bridgehead atoms. The fraction of sp³-hybridized carbons (Fsp3) is 0.188. The van der Waals surface area contributed by atoms with E-state index in [1.807, 2.05) is 6.92 Å². The summed E-state index contributed by atoms with van der Waals surface area (Å²) in [7, 11) is 0. The molecule has 0 aliphatic carbocycles. The average Bonchev–Trinajstić information content (AvgIpc) is 2.42. The van der Waals surface area contributed by atoms with E-state index in [9.17, 15) is 9.90 Å². The summed E-state index contributed by atoms with van der Waals surface area (Å²) in [6.07, 6.45) is 0.921. The maximum Gasteiger partial charge on any atom is 0.311 e. The Hall–Kier alpha value is -2.69. The van der Waals surface area contributed by atoms with Crippen molar-refractivity contribution in [2.45, 2.75) is 19.8 Å². The number of hydrogen-bond acceptors (Lipinski definition) is 5. The second kappa shape index (κ2) is 6.17. The van der Waals surface area contributed by atoms with Gasteiger partial charge in [0.05, 0.1) is 6.42 Å². The molecule has 0 radical (unpaired) electrons. The minimum Gasteiger partial charge on any atom is -0.508 e. The molecule has 3 rings (SSSR count). The summed E-state index contributed by atoms with van der Waals surface area (Å²) >= 11 is 0. The summed E-state index contributed by atoms with van der Waals surface area (Å²) in [5, 5.41) is 26.9. The highest BCUT2D eigenvalue weighted by Crippen LogP contribution is 2.33. The van der Waals surface area contributed by atoms with E-state index < -0.39 is 0 Å². The molecule has 3 N–H and O–H groups in total. The summed E-state index contributed by atoms with van der Waals surface area (Å²) in [5.41, 5.74) is 1.64. The van der Waals surface area contributed by atoms with Gasteiger partial charge in [0.1, 0.15) is 11.5 Å². The first-order chi connectivity index (χ1) is 9.97. The molecule has 1 aliphatic rings. The van der Waals surface area contributed by atoms with E-state index in [1.165, 1.54) is 12.1 Å². The Bertz CT molecular complexity index is 643. The number of hydrogen-bond donors (Lipinski definition) is 3. The first-order valence-electron chi connectivity index (χ1n) is 6.47. The molecular weight excluding hydrogens is 272 g/mol. The number of carbonyl (C=O) groups is 1. The Labute approximate surface area is 122 Å². The van der Waals surface area contributed by atoms with E-state index in [2.05, 4.69) is 0 Å². The highest BCUT2D eigenvalue weighted by atomic mass is 16.5. The van der Waals surface area contributed by atoms with Crippen molar-refractivity contribution in [1.82, 2.24) is 0 Å². The van der Waals surface area contributed by atoms with Crippen LogP contribution in [0, 0.1) is 6.92 Å². The normalized spacial score (nSPS) is 12.7. The maximum absolute atomic E-state index is 10.9. The van der Waals surface area contributed by atoms with Crippen LogP contribution in [-0.4, -0.2) is 21.3 Å². The van der Waals surface area contributed by atoms with Gasteiger partial charge in [0.2, 0.25) is 0 Å². The number of para-hydroxylation sites is 2. The molecule has 1 aliphatic heterocycles. The molecule has 0 amide bonds. The minimum atomic E-state index is -0.225. The summed E-state index contributed by atoms with van der Waals surface area (Å²) in [5.74, 6) is 0.355. The summed E-state index contributed by atoms with van der Waals surface area (Å²) in [4.78, 5) is 10.9. The highest BCUT2D eigenvalue weighted by Gasteiger charge is 2.20. The SMILES string of the molecule is Cc1cc(O)c2c(c1)OC(=O)CC2.Oc1ccccc1O. The topological polar surface area (TPSA) is 87.0 Å². The molecule has 2 aromatic rings. The van der Waals surface area contributed by atoms with Gasteiger partial charge in [0.15, 0.2) is 11.5 Å². The number of esters is 1. The monoisotopic (exact) mass is 288 g/mol. The molecule has 0 saturated carbocycles. The zero-order valence-electron chi connectivity index (χ0n) is 11.5. The number of fused-ring (bicyclic) bond motifs is 1. The zero-order chi connectivity index (χ0) is 15.4. The van der Waals surface area contributed by atoms with Crippen LogP contribution in [0.3, 0.4) is 0 Å². The fourth-order valence-electron chi connectivity index (χ4n) is 1.97. The first-order valence-corrected chi connectivity index (χ1v) is 6.47. The number of benzene rings is 2. The molecule has 110 valence electrons. The van der Waals surface area contributed by atoms with Crippen molar-refractivity contribution in [3.63, 3.8) is 0 Å². The molecule has 0 atom stereocenters. The Morgan fingerprint density at radius 1 is 0.952 bits per heavy atom. The van der Waals surface area contributed by atoms with E-state index in [-0.39, 0.29) is 23.2 Å². The summed E-state index contributed by atoms with van der Waals surface area (Å²) < 4.78 is 4.99. The van der Waals surface area contributed by atoms with Gasteiger partial charge in [-0.05, 0) is 43.2 Å². The van der Waals surface area contributed by atoms with Crippen molar-refractivity contribution in [1.29, 1.82) is 0 Å². The molecule has 0 unspecified atom stereocenters. The lowest BCUT2D eigenvalue weighted by Crippen LogP contribution is -2.15. The van der Waals surface area contributed by atoms with Crippen molar-refractivity contribution < 1.29 is 24.9 Å². The third kappa shape index (κ3) is 3.66. The summed E-state index contributed by atoms with van der Waals surface area (Å²) in [6.45, 7) is 1.85. The van der Waals surface area contributed by atoms with Gasteiger partial charge in [-0.3, -0.25) is 4.79 Å². The summed E-state index contributed by atoms with van der Waals surface area (Å²) in [6, 6.07) is 9.60. The van der Waals surface area contributed by atoms with Crippen LogP contribution in [0.2, 0.25) is 0 Å². The molecule has 1 heterocycles. The van der Waals surface area contributed by atoms with Crippen LogP contribution in [0.5, 0.6) is 23.0 Å². The molecule has 0 spiro atoms. The second-order valence-electron chi connectivity index (χ2n) is 4.72. The third-order valence-corrected chi connectivity index (χ3v) is 3.01. The van der Waals surface area contributed by atoms with Gasteiger partial charge >= 0.3 is 5.97 Å². The molecule has 0 saturated heterocycles. The lowest BCUT2D eigenvalue weighted by atomic mass is 10.0. The highest BCUT2D eigenvalue weighted by molar-refractivity contribution is 5.76.